The number of benzene rings is 5. The summed E-state index contributed by atoms with van der Waals surface area (Å²) in [5, 5.41) is 2.62. The molecule has 184 valence electrons. The summed E-state index contributed by atoms with van der Waals surface area (Å²) in [6.07, 6.45) is 8.34. The molecule has 0 radical (unpaired) electrons. The van der Waals surface area contributed by atoms with Crippen LogP contribution in [0, 0.1) is 16.4 Å². The Balaban J connectivity index is 1.61. The fraction of sp³-hybridized carbons (Fsp3) is 0.135. The second-order valence-electron chi connectivity index (χ2n) is 10.8. The van der Waals surface area contributed by atoms with E-state index in [1.807, 2.05) is 0 Å². The first kappa shape index (κ1) is 23.7. The molecule has 0 aliphatic heterocycles. The Kier molecular flexibility index (Phi) is 5.67. The number of rotatable bonds is 3. The molecule has 38 heavy (non-hydrogen) atoms. The quantitative estimate of drug-likeness (QED) is 0.181. The molecule has 2 aliphatic rings. The predicted molar refractivity (Wildman–Crippen MR) is 170 cm³/mol. The van der Waals surface area contributed by atoms with Gasteiger partial charge in [0.2, 0.25) is 0 Å². The Morgan fingerprint density at radius 3 is 2.18 bits per heavy atom. The summed E-state index contributed by atoms with van der Waals surface area (Å²) in [4.78, 5) is 0. The van der Waals surface area contributed by atoms with Gasteiger partial charge in [-0.05, 0) is 103 Å². The molecular formula is C37H29I. The van der Waals surface area contributed by atoms with Gasteiger partial charge in [0, 0.05) is 3.57 Å². The Hall–Kier alpha value is -3.43. The summed E-state index contributed by atoms with van der Waals surface area (Å²) in [5.41, 5.74) is 11.7. The Bertz CT molecular complexity index is 1770. The summed E-state index contributed by atoms with van der Waals surface area (Å²) >= 11 is 2.46. The van der Waals surface area contributed by atoms with E-state index in [0.29, 0.717) is 5.92 Å². The molecule has 5 aromatic carbocycles. The van der Waals surface area contributed by atoms with Crippen molar-refractivity contribution in [3.63, 3.8) is 0 Å². The summed E-state index contributed by atoms with van der Waals surface area (Å²) in [6.45, 7) is 4.48. The lowest BCUT2D eigenvalue weighted by molar-refractivity contribution is 0.691. The van der Waals surface area contributed by atoms with Crippen molar-refractivity contribution < 1.29 is 0 Å². The standard InChI is InChI=1S/C37H29I/c1-24-14-18-26(19-15-24)37(27-20-16-25(2)17-21-27)33-12-6-5-10-32(33)36-31(11-7-13-34(36)37)29-22-23-35(38)30-9-4-3-8-28(29)30/h3-16,18-23,25H,17H2,1-2H3. The van der Waals surface area contributed by atoms with Crippen LogP contribution in [0.25, 0.3) is 33.0 Å². The zero-order valence-corrected chi connectivity index (χ0v) is 23.9. The van der Waals surface area contributed by atoms with Gasteiger partial charge in [-0.15, -0.1) is 0 Å². The van der Waals surface area contributed by atoms with Gasteiger partial charge in [0.05, 0.1) is 5.41 Å². The minimum absolute atomic E-state index is 0.342. The summed E-state index contributed by atoms with van der Waals surface area (Å²) < 4.78 is 1.29. The van der Waals surface area contributed by atoms with Crippen molar-refractivity contribution >= 4 is 33.4 Å². The van der Waals surface area contributed by atoms with Gasteiger partial charge in [-0.2, -0.15) is 0 Å². The SMILES string of the molecule is Cc1ccc(C2(C3=CCC(C)C=C3)c3ccccc3-c3c(-c4ccc(I)c5ccccc45)cccc32)cc1. The topological polar surface area (TPSA) is 0 Å². The zero-order chi connectivity index (χ0) is 25.9. The molecule has 0 aromatic heterocycles. The van der Waals surface area contributed by atoms with E-state index in [1.165, 1.54) is 64.4 Å². The van der Waals surface area contributed by atoms with E-state index in [1.54, 1.807) is 0 Å². The lowest BCUT2D eigenvalue weighted by Gasteiger charge is -2.36. The van der Waals surface area contributed by atoms with Crippen LogP contribution in [0.4, 0.5) is 0 Å². The normalized spacial score (nSPS) is 19.8. The zero-order valence-electron chi connectivity index (χ0n) is 21.7. The minimum atomic E-state index is -0.342. The first-order valence-corrected chi connectivity index (χ1v) is 14.5. The van der Waals surface area contributed by atoms with Crippen molar-refractivity contribution in [3.8, 4) is 22.3 Å². The third-order valence-corrected chi connectivity index (χ3v) is 9.40. The van der Waals surface area contributed by atoms with Gasteiger partial charge in [-0.1, -0.05) is 128 Å². The van der Waals surface area contributed by atoms with E-state index < -0.39 is 0 Å². The van der Waals surface area contributed by atoms with Gasteiger partial charge in [0.1, 0.15) is 0 Å². The van der Waals surface area contributed by atoms with Gasteiger partial charge in [0.15, 0.2) is 0 Å². The number of allylic oxidation sites excluding steroid dienone is 4. The average Bonchev–Trinajstić information content (AvgIpc) is 3.26. The smallest absolute Gasteiger partial charge is 0.0710 e. The maximum absolute atomic E-state index is 2.49. The third-order valence-electron chi connectivity index (χ3n) is 8.46. The van der Waals surface area contributed by atoms with Gasteiger partial charge < -0.3 is 0 Å². The molecule has 0 fully saturated rings. The van der Waals surface area contributed by atoms with Crippen LogP contribution in [-0.4, -0.2) is 0 Å². The third kappa shape index (κ3) is 3.41. The Morgan fingerprint density at radius 2 is 1.39 bits per heavy atom. The monoisotopic (exact) mass is 600 g/mol. The Morgan fingerprint density at radius 1 is 0.684 bits per heavy atom. The number of halogens is 1. The van der Waals surface area contributed by atoms with E-state index in [4.69, 9.17) is 0 Å². The molecule has 0 heterocycles. The van der Waals surface area contributed by atoms with Gasteiger partial charge in [-0.25, -0.2) is 0 Å². The van der Waals surface area contributed by atoms with Crippen LogP contribution >= 0.6 is 22.6 Å². The molecule has 5 aromatic rings. The maximum Gasteiger partial charge on any atom is 0.0710 e. The van der Waals surface area contributed by atoms with Crippen LogP contribution in [0.3, 0.4) is 0 Å². The van der Waals surface area contributed by atoms with Crippen molar-refractivity contribution in [2.24, 2.45) is 5.92 Å². The highest BCUT2D eigenvalue weighted by Crippen LogP contribution is 2.59. The van der Waals surface area contributed by atoms with Crippen LogP contribution in [0.1, 0.15) is 35.6 Å². The predicted octanol–water partition coefficient (Wildman–Crippen LogP) is 10.3. The van der Waals surface area contributed by atoms with Crippen LogP contribution in [-0.2, 0) is 5.41 Å². The average molecular weight is 601 g/mol. The van der Waals surface area contributed by atoms with Crippen LogP contribution in [0.5, 0.6) is 0 Å². The number of hydrogen-bond acceptors (Lipinski definition) is 0. The molecule has 2 unspecified atom stereocenters. The fourth-order valence-electron chi connectivity index (χ4n) is 6.65. The number of hydrogen-bond donors (Lipinski definition) is 0. The van der Waals surface area contributed by atoms with Crippen LogP contribution < -0.4 is 0 Å². The lowest BCUT2D eigenvalue weighted by atomic mass is 9.65. The molecule has 0 amide bonds. The highest BCUT2D eigenvalue weighted by atomic mass is 127. The van der Waals surface area contributed by atoms with E-state index in [2.05, 4.69) is 158 Å². The molecule has 0 N–H and O–H groups in total. The lowest BCUT2D eigenvalue weighted by Crippen LogP contribution is -2.30. The molecule has 0 nitrogen and oxygen atoms in total. The van der Waals surface area contributed by atoms with E-state index in [-0.39, 0.29) is 5.41 Å². The highest BCUT2D eigenvalue weighted by Gasteiger charge is 2.47. The van der Waals surface area contributed by atoms with Crippen LogP contribution in [0.15, 0.2) is 127 Å². The molecule has 2 atom stereocenters. The first-order chi connectivity index (χ1) is 18.6. The molecule has 0 spiro atoms. The van der Waals surface area contributed by atoms with E-state index >= 15 is 0 Å². The number of fused-ring (bicyclic) bond motifs is 4. The van der Waals surface area contributed by atoms with Crippen LogP contribution in [0.2, 0.25) is 0 Å². The van der Waals surface area contributed by atoms with Gasteiger partial charge >= 0.3 is 0 Å². The molecule has 7 rings (SSSR count). The summed E-state index contributed by atoms with van der Waals surface area (Å²) in [5.74, 6) is 0.564. The molecular weight excluding hydrogens is 571 g/mol. The molecule has 0 bridgehead atoms. The molecule has 1 heteroatoms. The van der Waals surface area contributed by atoms with Crippen molar-refractivity contribution in [3.05, 3.63) is 153 Å². The molecule has 0 saturated carbocycles. The van der Waals surface area contributed by atoms with Gasteiger partial charge in [-0.3, -0.25) is 0 Å². The summed E-state index contributed by atoms with van der Waals surface area (Å²) in [7, 11) is 0. The van der Waals surface area contributed by atoms with E-state index in [9.17, 15) is 0 Å². The molecule has 2 aliphatic carbocycles. The summed E-state index contributed by atoms with van der Waals surface area (Å²) in [6, 6.07) is 38.7. The maximum atomic E-state index is 2.49. The van der Waals surface area contributed by atoms with Crippen molar-refractivity contribution in [2.75, 3.05) is 0 Å². The minimum Gasteiger partial charge on any atom is -0.0811 e. The van der Waals surface area contributed by atoms with Crippen molar-refractivity contribution in [1.29, 1.82) is 0 Å². The van der Waals surface area contributed by atoms with E-state index in [0.717, 1.165) is 6.42 Å². The fourth-order valence-corrected chi connectivity index (χ4v) is 7.30. The van der Waals surface area contributed by atoms with Crippen molar-refractivity contribution in [2.45, 2.75) is 25.7 Å². The Labute approximate surface area is 238 Å². The highest BCUT2D eigenvalue weighted by molar-refractivity contribution is 14.1. The van der Waals surface area contributed by atoms with Gasteiger partial charge in [0.25, 0.3) is 0 Å². The second kappa shape index (κ2) is 9.10. The number of aryl methyl sites for hydroxylation is 1. The molecule has 0 saturated heterocycles. The first-order valence-electron chi connectivity index (χ1n) is 13.5. The van der Waals surface area contributed by atoms with Crippen molar-refractivity contribution in [1.82, 2.24) is 0 Å². The second-order valence-corrected chi connectivity index (χ2v) is 11.9. The largest absolute Gasteiger partial charge is 0.0811 e.